The van der Waals surface area contributed by atoms with E-state index in [1.807, 2.05) is 16.7 Å². The SMILES string of the molecule is CC1CN(C(=O)CC2CSCCN2)CCN1C. The maximum atomic E-state index is 12.2. The molecule has 5 heteroatoms. The van der Waals surface area contributed by atoms with Gasteiger partial charge in [-0.15, -0.1) is 0 Å². The van der Waals surface area contributed by atoms with Crippen molar-refractivity contribution >= 4 is 17.7 Å². The number of hydrogen-bond acceptors (Lipinski definition) is 4. The monoisotopic (exact) mass is 257 g/mol. The Morgan fingerprint density at radius 3 is 2.94 bits per heavy atom. The fourth-order valence-electron chi connectivity index (χ4n) is 2.37. The van der Waals surface area contributed by atoms with Crippen molar-refractivity contribution in [3.8, 4) is 0 Å². The first-order valence-corrected chi connectivity index (χ1v) is 7.61. The van der Waals surface area contributed by atoms with Crippen molar-refractivity contribution in [2.45, 2.75) is 25.4 Å². The molecule has 0 saturated carbocycles. The molecule has 0 spiro atoms. The maximum absolute atomic E-state index is 12.2. The van der Waals surface area contributed by atoms with Crippen molar-refractivity contribution in [2.24, 2.45) is 0 Å². The highest BCUT2D eigenvalue weighted by molar-refractivity contribution is 7.99. The summed E-state index contributed by atoms with van der Waals surface area (Å²) < 4.78 is 0. The molecular formula is C12H23N3OS. The predicted octanol–water partition coefficient (Wildman–Crippen LogP) is 0.244. The summed E-state index contributed by atoms with van der Waals surface area (Å²) in [6.07, 6.45) is 0.670. The van der Waals surface area contributed by atoms with Gasteiger partial charge in [0.25, 0.3) is 0 Å². The van der Waals surface area contributed by atoms with Crippen LogP contribution in [0.4, 0.5) is 0 Å². The van der Waals surface area contributed by atoms with E-state index in [4.69, 9.17) is 0 Å². The van der Waals surface area contributed by atoms with Crippen molar-refractivity contribution in [3.63, 3.8) is 0 Å². The van der Waals surface area contributed by atoms with Crippen LogP contribution in [0.15, 0.2) is 0 Å². The van der Waals surface area contributed by atoms with Crippen LogP contribution in [-0.2, 0) is 4.79 Å². The lowest BCUT2D eigenvalue weighted by Crippen LogP contribution is -2.53. The molecule has 98 valence electrons. The van der Waals surface area contributed by atoms with E-state index < -0.39 is 0 Å². The zero-order valence-electron chi connectivity index (χ0n) is 10.8. The molecule has 1 N–H and O–H groups in total. The number of nitrogens with one attached hydrogen (secondary N) is 1. The van der Waals surface area contributed by atoms with E-state index in [-0.39, 0.29) is 0 Å². The van der Waals surface area contributed by atoms with E-state index in [0.717, 1.165) is 31.9 Å². The average molecular weight is 257 g/mol. The van der Waals surface area contributed by atoms with Crippen molar-refractivity contribution in [2.75, 3.05) is 44.7 Å². The van der Waals surface area contributed by atoms with Crippen molar-refractivity contribution in [1.82, 2.24) is 15.1 Å². The largest absolute Gasteiger partial charge is 0.340 e. The van der Waals surface area contributed by atoms with Gasteiger partial charge in [0.05, 0.1) is 0 Å². The molecule has 2 aliphatic heterocycles. The third-order valence-corrected chi connectivity index (χ3v) is 4.86. The highest BCUT2D eigenvalue weighted by Gasteiger charge is 2.26. The molecule has 2 fully saturated rings. The van der Waals surface area contributed by atoms with Gasteiger partial charge in [-0.2, -0.15) is 11.8 Å². The molecule has 0 aliphatic carbocycles. The Balaban J connectivity index is 1.79. The molecule has 2 aliphatic rings. The second-order valence-electron chi connectivity index (χ2n) is 5.10. The lowest BCUT2D eigenvalue weighted by molar-refractivity contribution is -0.134. The van der Waals surface area contributed by atoms with Gasteiger partial charge in [-0.3, -0.25) is 4.79 Å². The molecule has 0 aromatic heterocycles. The highest BCUT2D eigenvalue weighted by Crippen LogP contribution is 2.13. The van der Waals surface area contributed by atoms with Gasteiger partial charge in [-0.05, 0) is 14.0 Å². The fraction of sp³-hybridized carbons (Fsp3) is 0.917. The number of carbonyl (C=O) groups excluding carboxylic acids is 1. The third-order valence-electron chi connectivity index (χ3n) is 3.73. The Kier molecular flexibility index (Phi) is 4.70. The number of likely N-dealkylation sites (N-methyl/N-ethyl adjacent to an activating group) is 1. The van der Waals surface area contributed by atoms with Crippen LogP contribution in [0.2, 0.25) is 0 Å². The predicted molar refractivity (Wildman–Crippen MR) is 72.4 cm³/mol. The smallest absolute Gasteiger partial charge is 0.224 e. The minimum atomic E-state index is 0.324. The van der Waals surface area contributed by atoms with E-state index in [2.05, 4.69) is 24.2 Å². The normalized spacial score (nSPS) is 31.5. The summed E-state index contributed by atoms with van der Waals surface area (Å²) in [5.74, 6) is 2.58. The Hall–Kier alpha value is -0.260. The molecule has 0 aromatic rings. The van der Waals surface area contributed by atoms with Crippen molar-refractivity contribution in [3.05, 3.63) is 0 Å². The number of piperazine rings is 1. The Labute approximate surface area is 108 Å². The summed E-state index contributed by atoms with van der Waals surface area (Å²) >= 11 is 1.95. The van der Waals surface area contributed by atoms with E-state index in [1.165, 1.54) is 5.75 Å². The van der Waals surface area contributed by atoms with Crippen LogP contribution in [0.25, 0.3) is 0 Å². The minimum Gasteiger partial charge on any atom is -0.340 e. The topological polar surface area (TPSA) is 35.6 Å². The molecule has 2 heterocycles. The molecule has 4 nitrogen and oxygen atoms in total. The van der Waals surface area contributed by atoms with Crippen LogP contribution in [0.1, 0.15) is 13.3 Å². The standard InChI is InChI=1S/C12H23N3OS/c1-10-8-15(5-4-14(10)2)12(16)7-11-9-17-6-3-13-11/h10-11,13H,3-9H2,1-2H3. The molecule has 2 saturated heterocycles. The Morgan fingerprint density at radius 2 is 2.29 bits per heavy atom. The van der Waals surface area contributed by atoms with Gasteiger partial charge < -0.3 is 15.1 Å². The van der Waals surface area contributed by atoms with Crippen LogP contribution < -0.4 is 5.32 Å². The second kappa shape index (κ2) is 6.07. The Bertz CT molecular complexity index is 268. The van der Waals surface area contributed by atoms with Crippen LogP contribution in [0.5, 0.6) is 0 Å². The fourth-order valence-corrected chi connectivity index (χ4v) is 3.31. The van der Waals surface area contributed by atoms with Gasteiger partial charge in [0.2, 0.25) is 5.91 Å². The lowest BCUT2D eigenvalue weighted by Gasteiger charge is -2.38. The molecule has 0 bridgehead atoms. The summed E-state index contributed by atoms with van der Waals surface area (Å²) in [7, 11) is 2.13. The van der Waals surface area contributed by atoms with E-state index >= 15 is 0 Å². The first-order valence-electron chi connectivity index (χ1n) is 6.46. The first kappa shape index (κ1) is 13.2. The number of amides is 1. The van der Waals surface area contributed by atoms with E-state index in [0.29, 0.717) is 24.4 Å². The molecule has 17 heavy (non-hydrogen) atoms. The van der Waals surface area contributed by atoms with Gasteiger partial charge in [-0.1, -0.05) is 0 Å². The number of carbonyl (C=O) groups is 1. The second-order valence-corrected chi connectivity index (χ2v) is 6.25. The summed E-state index contributed by atoms with van der Waals surface area (Å²) in [6, 6.07) is 0.873. The number of nitrogens with zero attached hydrogens (tertiary/aromatic N) is 2. The van der Waals surface area contributed by atoms with Gasteiger partial charge in [-0.25, -0.2) is 0 Å². The highest BCUT2D eigenvalue weighted by atomic mass is 32.2. The molecule has 1 amide bonds. The quantitative estimate of drug-likeness (QED) is 0.769. The minimum absolute atomic E-state index is 0.324. The third kappa shape index (κ3) is 3.60. The van der Waals surface area contributed by atoms with Crippen molar-refractivity contribution < 1.29 is 4.79 Å². The zero-order valence-corrected chi connectivity index (χ0v) is 11.6. The van der Waals surface area contributed by atoms with Gasteiger partial charge in [0.1, 0.15) is 0 Å². The lowest BCUT2D eigenvalue weighted by atomic mass is 10.1. The summed E-state index contributed by atoms with van der Waals surface area (Å²) in [5.41, 5.74) is 0. The molecule has 2 atom stereocenters. The number of rotatable bonds is 2. The molecule has 2 rings (SSSR count). The molecule has 0 aromatic carbocycles. The molecular weight excluding hydrogens is 234 g/mol. The summed E-state index contributed by atoms with van der Waals surface area (Å²) in [5, 5.41) is 3.43. The van der Waals surface area contributed by atoms with Crippen LogP contribution in [0, 0.1) is 0 Å². The first-order chi connectivity index (χ1) is 8.16. The van der Waals surface area contributed by atoms with Crippen LogP contribution in [-0.4, -0.2) is 72.5 Å². The van der Waals surface area contributed by atoms with Crippen molar-refractivity contribution in [1.29, 1.82) is 0 Å². The number of hydrogen-bond donors (Lipinski definition) is 1. The summed E-state index contributed by atoms with van der Waals surface area (Å²) in [6.45, 7) is 6.00. The Morgan fingerprint density at radius 1 is 1.47 bits per heavy atom. The zero-order chi connectivity index (χ0) is 12.3. The van der Waals surface area contributed by atoms with Gasteiger partial charge in [0, 0.05) is 56.2 Å². The molecule has 2 unspecified atom stereocenters. The summed E-state index contributed by atoms with van der Waals surface area (Å²) in [4.78, 5) is 16.5. The van der Waals surface area contributed by atoms with E-state index in [9.17, 15) is 4.79 Å². The van der Waals surface area contributed by atoms with Gasteiger partial charge >= 0.3 is 0 Å². The van der Waals surface area contributed by atoms with E-state index in [1.54, 1.807) is 0 Å². The molecule has 0 radical (unpaired) electrons. The van der Waals surface area contributed by atoms with Crippen LogP contribution in [0.3, 0.4) is 0 Å². The number of thioether (sulfide) groups is 1. The van der Waals surface area contributed by atoms with Crippen LogP contribution >= 0.6 is 11.8 Å². The maximum Gasteiger partial charge on any atom is 0.224 e. The van der Waals surface area contributed by atoms with Gasteiger partial charge in [0.15, 0.2) is 0 Å². The average Bonchev–Trinajstić information content (AvgIpc) is 2.34.